The molecule has 1 heterocycles. The Hall–Kier alpha value is -1.54. The van der Waals surface area contributed by atoms with Crippen LogP contribution in [0.3, 0.4) is 0 Å². The molecule has 1 aliphatic heterocycles. The molecule has 5 nitrogen and oxygen atoms in total. The zero-order chi connectivity index (χ0) is 12.9. The summed E-state index contributed by atoms with van der Waals surface area (Å²) in [6.45, 7) is 14.0. The van der Waals surface area contributed by atoms with Crippen LogP contribution in [-0.4, -0.2) is 42.9 Å². The molecule has 0 aromatic heterocycles. The van der Waals surface area contributed by atoms with Crippen molar-refractivity contribution >= 4 is 6.09 Å². The Kier molecular flexibility index (Phi) is 4.53. The highest BCUT2D eigenvalue weighted by atomic mass is 16.6. The largest absolute Gasteiger partial charge is 0.444 e. The van der Waals surface area contributed by atoms with E-state index in [0.717, 1.165) is 5.57 Å². The summed E-state index contributed by atoms with van der Waals surface area (Å²) in [7, 11) is 0. The predicted molar refractivity (Wildman–Crippen MR) is 63.3 cm³/mol. The lowest BCUT2D eigenvalue weighted by Gasteiger charge is -2.26. The molecule has 1 rings (SSSR count). The first-order chi connectivity index (χ1) is 7.92. The van der Waals surface area contributed by atoms with Crippen LogP contribution in [0.25, 0.3) is 4.85 Å². The van der Waals surface area contributed by atoms with E-state index in [1.54, 1.807) is 4.90 Å². The molecule has 1 fully saturated rings. The molecule has 0 unspecified atom stereocenters. The molecule has 0 aromatic rings. The van der Waals surface area contributed by atoms with E-state index in [1.165, 1.54) is 6.20 Å². The van der Waals surface area contributed by atoms with Gasteiger partial charge in [-0.2, -0.15) is 0 Å². The van der Waals surface area contributed by atoms with Crippen LogP contribution in [-0.2, 0) is 9.47 Å². The van der Waals surface area contributed by atoms with Crippen molar-refractivity contribution < 1.29 is 14.3 Å². The average Bonchev–Trinajstić information content (AvgIpc) is 2.41. The number of carbonyl (C=O) groups is 1. The lowest BCUT2D eigenvalue weighted by molar-refractivity contribution is 0.0249. The van der Waals surface area contributed by atoms with Crippen LogP contribution in [0.2, 0.25) is 0 Å². The summed E-state index contributed by atoms with van der Waals surface area (Å²) in [5.74, 6) is 0. The van der Waals surface area contributed by atoms with Crippen molar-refractivity contribution in [2.24, 2.45) is 0 Å². The zero-order valence-electron chi connectivity index (χ0n) is 10.5. The minimum absolute atomic E-state index is 0.362. The predicted octanol–water partition coefficient (Wildman–Crippen LogP) is 2.06. The Morgan fingerprint density at radius 1 is 1.59 bits per heavy atom. The summed E-state index contributed by atoms with van der Waals surface area (Å²) >= 11 is 0. The first-order valence-corrected chi connectivity index (χ1v) is 5.52. The van der Waals surface area contributed by atoms with Crippen LogP contribution in [0.15, 0.2) is 11.8 Å². The maximum absolute atomic E-state index is 11.9. The topological polar surface area (TPSA) is 43.1 Å². The maximum atomic E-state index is 11.9. The van der Waals surface area contributed by atoms with Gasteiger partial charge in [-0.05, 0) is 26.3 Å². The third kappa shape index (κ3) is 4.87. The smallest absolute Gasteiger partial charge is 0.410 e. The fraction of sp³-hybridized carbons (Fsp3) is 0.667. The van der Waals surface area contributed by atoms with Gasteiger partial charge in [0.1, 0.15) is 5.60 Å². The maximum Gasteiger partial charge on any atom is 0.410 e. The average molecular weight is 238 g/mol. The molecule has 0 aromatic carbocycles. The van der Waals surface area contributed by atoms with E-state index in [9.17, 15) is 4.79 Å². The normalized spacial score (nSPS) is 19.6. The van der Waals surface area contributed by atoms with Gasteiger partial charge in [0.15, 0.2) is 6.20 Å². The van der Waals surface area contributed by atoms with Crippen molar-refractivity contribution in [1.82, 2.24) is 4.90 Å². The third-order valence-electron chi connectivity index (χ3n) is 2.09. The number of amides is 1. The summed E-state index contributed by atoms with van der Waals surface area (Å²) in [5, 5.41) is 0. The van der Waals surface area contributed by atoms with E-state index in [1.807, 2.05) is 20.8 Å². The molecule has 0 spiro atoms. The number of nitrogens with zero attached hydrogens (tertiary/aromatic N) is 2. The van der Waals surface area contributed by atoms with Gasteiger partial charge in [-0.1, -0.05) is 0 Å². The molecule has 0 saturated carbocycles. The van der Waals surface area contributed by atoms with E-state index < -0.39 is 5.60 Å². The highest BCUT2D eigenvalue weighted by Gasteiger charge is 2.24. The number of rotatable bonds is 0. The molecule has 1 aliphatic rings. The molecule has 0 bridgehead atoms. The quantitative estimate of drug-likeness (QED) is 0.607. The number of hydrogen-bond donors (Lipinski definition) is 0. The van der Waals surface area contributed by atoms with Crippen molar-refractivity contribution in [3.8, 4) is 0 Å². The van der Waals surface area contributed by atoms with Crippen LogP contribution >= 0.6 is 0 Å². The minimum atomic E-state index is -0.506. The van der Waals surface area contributed by atoms with Crippen LogP contribution in [0.4, 0.5) is 4.79 Å². The second-order valence-electron chi connectivity index (χ2n) is 4.87. The monoisotopic (exact) mass is 238 g/mol. The second-order valence-corrected chi connectivity index (χ2v) is 4.87. The SMILES string of the molecule is [C-]#[N+]/C=C1/COCCN(C(=O)OC(C)(C)C)C1. The second kappa shape index (κ2) is 5.69. The molecule has 0 radical (unpaired) electrons. The molecular weight excluding hydrogens is 220 g/mol. The van der Waals surface area contributed by atoms with Crippen LogP contribution < -0.4 is 0 Å². The van der Waals surface area contributed by atoms with Crippen molar-refractivity contribution in [2.45, 2.75) is 26.4 Å². The van der Waals surface area contributed by atoms with Gasteiger partial charge in [0, 0.05) is 13.1 Å². The highest BCUT2D eigenvalue weighted by molar-refractivity contribution is 5.68. The van der Waals surface area contributed by atoms with Gasteiger partial charge in [0.2, 0.25) is 0 Å². The van der Waals surface area contributed by atoms with E-state index in [-0.39, 0.29) is 6.09 Å². The Bertz CT molecular complexity index is 350. The summed E-state index contributed by atoms with van der Waals surface area (Å²) in [5.41, 5.74) is 0.289. The van der Waals surface area contributed by atoms with Crippen LogP contribution in [0.1, 0.15) is 20.8 Å². The molecule has 5 heteroatoms. The Morgan fingerprint density at radius 3 is 2.88 bits per heavy atom. The molecule has 1 saturated heterocycles. The van der Waals surface area contributed by atoms with Crippen molar-refractivity contribution in [3.05, 3.63) is 23.2 Å². The van der Waals surface area contributed by atoms with Crippen molar-refractivity contribution in [2.75, 3.05) is 26.3 Å². The third-order valence-corrected chi connectivity index (χ3v) is 2.09. The van der Waals surface area contributed by atoms with E-state index in [0.29, 0.717) is 26.3 Å². The van der Waals surface area contributed by atoms with Gasteiger partial charge >= 0.3 is 6.09 Å². The first-order valence-electron chi connectivity index (χ1n) is 5.52. The van der Waals surface area contributed by atoms with Crippen molar-refractivity contribution in [3.63, 3.8) is 0 Å². The van der Waals surface area contributed by atoms with E-state index in [4.69, 9.17) is 16.0 Å². The van der Waals surface area contributed by atoms with Gasteiger partial charge in [-0.15, -0.1) is 0 Å². The number of hydrogen-bond acceptors (Lipinski definition) is 3. The summed E-state index contributed by atoms with van der Waals surface area (Å²) in [6.07, 6.45) is 1.04. The zero-order valence-corrected chi connectivity index (χ0v) is 10.5. The van der Waals surface area contributed by atoms with E-state index >= 15 is 0 Å². The lowest BCUT2D eigenvalue weighted by Crippen LogP contribution is -2.38. The molecular formula is C12H18N2O3. The first kappa shape index (κ1) is 13.5. The Labute approximate surface area is 102 Å². The number of carbonyl (C=O) groups excluding carboxylic acids is 1. The summed E-state index contributed by atoms with van der Waals surface area (Å²) in [4.78, 5) is 16.6. The van der Waals surface area contributed by atoms with Gasteiger partial charge < -0.3 is 14.4 Å². The molecule has 1 amide bonds. The standard InChI is InChI=1S/C12H18N2O3/c1-12(2,3)17-11(15)14-5-6-16-9-10(8-14)7-13-4/h7H,5-6,8-9H2,1-3H3/b10-7+. The van der Waals surface area contributed by atoms with Crippen LogP contribution in [0.5, 0.6) is 0 Å². The fourth-order valence-corrected chi connectivity index (χ4v) is 1.40. The van der Waals surface area contributed by atoms with Crippen LogP contribution in [0, 0.1) is 6.57 Å². The molecule has 0 atom stereocenters. The number of ether oxygens (including phenoxy) is 2. The minimum Gasteiger partial charge on any atom is -0.444 e. The summed E-state index contributed by atoms with van der Waals surface area (Å²) < 4.78 is 10.6. The molecule has 17 heavy (non-hydrogen) atoms. The fourth-order valence-electron chi connectivity index (χ4n) is 1.40. The Balaban J connectivity index is 2.66. The Morgan fingerprint density at radius 2 is 2.29 bits per heavy atom. The molecule has 94 valence electrons. The van der Waals surface area contributed by atoms with Gasteiger partial charge in [0.25, 0.3) is 0 Å². The molecule has 0 aliphatic carbocycles. The van der Waals surface area contributed by atoms with Crippen molar-refractivity contribution in [1.29, 1.82) is 0 Å². The van der Waals surface area contributed by atoms with E-state index in [2.05, 4.69) is 4.85 Å². The van der Waals surface area contributed by atoms with Gasteiger partial charge in [-0.25, -0.2) is 9.64 Å². The lowest BCUT2D eigenvalue weighted by atomic mass is 10.2. The van der Waals surface area contributed by atoms with Gasteiger partial charge in [-0.3, -0.25) is 0 Å². The highest BCUT2D eigenvalue weighted by Crippen LogP contribution is 2.13. The van der Waals surface area contributed by atoms with Gasteiger partial charge in [0.05, 0.1) is 19.8 Å². The summed E-state index contributed by atoms with van der Waals surface area (Å²) in [6, 6.07) is 0. The molecule has 0 N–H and O–H groups in total.